The monoisotopic (exact) mass is 312 g/mol. The predicted molar refractivity (Wildman–Crippen MR) is 81.8 cm³/mol. The van der Waals surface area contributed by atoms with Crippen LogP contribution in [0.5, 0.6) is 0 Å². The zero-order chi connectivity index (χ0) is 13.8. The van der Waals surface area contributed by atoms with E-state index >= 15 is 0 Å². The molecule has 0 unspecified atom stereocenters. The van der Waals surface area contributed by atoms with Gasteiger partial charge in [-0.3, -0.25) is 4.98 Å². The van der Waals surface area contributed by atoms with Gasteiger partial charge in [-0.05, 0) is 73.6 Å². The van der Waals surface area contributed by atoms with Crippen LogP contribution in [-0.4, -0.2) is 17.1 Å². The van der Waals surface area contributed by atoms with Gasteiger partial charge in [0.2, 0.25) is 0 Å². The van der Waals surface area contributed by atoms with Crippen molar-refractivity contribution in [3.8, 4) is 0 Å². The second kappa shape index (κ2) is 6.16. The quantitative estimate of drug-likeness (QED) is 0.881. The number of nitrogens with one attached hydrogen (secondary N) is 1. The van der Waals surface area contributed by atoms with Crippen LogP contribution in [0.4, 0.5) is 0 Å². The van der Waals surface area contributed by atoms with Crippen molar-refractivity contribution in [1.82, 2.24) is 10.3 Å². The zero-order valence-corrected chi connectivity index (χ0v) is 13.8. The standard InChI is InChI=1S/C15H25BrN2/c1-14(2,3)18-9-8-15(4,5)10-13-7-6-12(16)11-17-13/h6-7,11,18H,8-10H2,1-5H3. The predicted octanol–water partition coefficient (Wildman–Crippen LogP) is 4.19. The van der Waals surface area contributed by atoms with E-state index in [4.69, 9.17) is 0 Å². The molecule has 0 bridgehead atoms. The fraction of sp³-hybridized carbons (Fsp3) is 0.667. The summed E-state index contributed by atoms with van der Waals surface area (Å²) < 4.78 is 1.04. The SMILES string of the molecule is CC(C)(CCNC(C)(C)C)Cc1ccc(Br)cn1. The van der Waals surface area contributed by atoms with Crippen molar-refractivity contribution in [2.24, 2.45) is 5.41 Å². The molecule has 18 heavy (non-hydrogen) atoms. The van der Waals surface area contributed by atoms with Crippen LogP contribution in [0.1, 0.15) is 46.7 Å². The third-order valence-corrected chi connectivity index (χ3v) is 3.37. The summed E-state index contributed by atoms with van der Waals surface area (Å²) in [5, 5.41) is 3.54. The van der Waals surface area contributed by atoms with Crippen molar-refractivity contribution < 1.29 is 0 Å². The van der Waals surface area contributed by atoms with E-state index in [0.717, 1.165) is 23.9 Å². The first-order chi connectivity index (χ1) is 8.18. The third kappa shape index (κ3) is 6.50. The first kappa shape index (κ1) is 15.6. The summed E-state index contributed by atoms with van der Waals surface area (Å²) in [6, 6.07) is 4.16. The van der Waals surface area contributed by atoms with Gasteiger partial charge in [0, 0.05) is 21.9 Å². The second-order valence-electron chi connectivity index (χ2n) is 6.74. The maximum absolute atomic E-state index is 4.45. The molecule has 102 valence electrons. The summed E-state index contributed by atoms with van der Waals surface area (Å²) in [6.45, 7) is 12.3. The molecule has 1 rings (SSSR count). The Balaban J connectivity index is 2.46. The molecule has 1 N–H and O–H groups in total. The molecule has 0 amide bonds. The average Bonchev–Trinajstić information content (AvgIpc) is 2.18. The first-order valence-corrected chi connectivity index (χ1v) is 7.33. The Bertz CT molecular complexity index is 363. The van der Waals surface area contributed by atoms with Crippen molar-refractivity contribution in [2.45, 2.75) is 53.0 Å². The van der Waals surface area contributed by atoms with Gasteiger partial charge in [-0.1, -0.05) is 13.8 Å². The molecule has 0 spiro atoms. The lowest BCUT2D eigenvalue weighted by Gasteiger charge is -2.27. The van der Waals surface area contributed by atoms with Gasteiger partial charge in [0.15, 0.2) is 0 Å². The number of hydrogen-bond donors (Lipinski definition) is 1. The van der Waals surface area contributed by atoms with Gasteiger partial charge in [-0.15, -0.1) is 0 Å². The molecule has 1 aromatic rings. The van der Waals surface area contributed by atoms with E-state index in [0.29, 0.717) is 0 Å². The van der Waals surface area contributed by atoms with Gasteiger partial charge >= 0.3 is 0 Å². The Morgan fingerprint density at radius 2 is 1.83 bits per heavy atom. The molecule has 2 nitrogen and oxygen atoms in total. The van der Waals surface area contributed by atoms with Crippen LogP contribution in [0.2, 0.25) is 0 Å². The number of halogens is 1. The first-order valence-electron chi connectivity index (χ1n) is 6.53. The minimum absolute atomic E-state index is 0.200. The fourth-order valence-electron chi connectivity index (χ4n) is 1.87. The second-order valence-corrected chi connectivity index (χ2v) is 7.65. The van der Waals surface area contributed by atoms with Gasteiger partial charge in [-0.2, -0.15) is 0 Å². The molecule has 0 saturated heterocycles. The van der Waals surface area contributed by atoms with E-state index in [-0.39, 0.29) is 11.0 Å². The molecule has 0 atom stereocenters. The summed E-state index contributed by atoms with van der Waals surface area (Å²) in [4.78, 5) is 4.45. The average molecular weight is 313 g/mol. The zero-order valence-electron chi connectivity index (χ0n) is 12.2. The molecular formula is C15H25BrN2. The van der Waals surface area contributed by atoms with E-state index in [9.17, 15) is 0 Å². The van der Waals surface area contributed by atoms with Crippen LogP contribution in [0.15, 0.2) is 22.8 Å². The molecule has 0 radical (unpaired) electrons. The van der Waals surface area contributed by atoms with Gasteiger partial charge < -0.3 is 5.32 Å². The molecule has 0 aliphatic carbocycles. The normalized spacial score (nSPS) is 12.8. The van der Waals surface area contributed by atoms with Crippen LogP contribution >= 0.6 is 15.9 Å². The molecule has 0 fully saturated rings. The molecule has 0 aliphatic heterocycles. The molecule has 1 aromatic heterocycles. The molecule has 0 aliphatic rings. The Morgan fingerprint density at radius 1 is 1.17 bits per heavy atom. The van der Waals surface area contributed by atoms with E-state index in [1.54, 1.807) is 0 Å². The van der Waals surface area contributed by atoms with E-state index < -0.39 is 0 Å². The number of pyridine rings is 1. The number of rotatable bonds is 5. The molecule has 0 aromatic carbocycles. The molecule has 1 heterocycles. The largest absolute Gasteiger partial charge is 0.312 e. The highest BCUT2D eigenvalue weighted by atomic mass is 79.9. The molecule has 0 saturated carbocycles. The highest BCUT2D eigenvalue weighted by molar-refractivity contribution is 9.10. The Morgan fingerprint density at radius 3 is 2.33 bits per heavy atom. The number of aromatic nitrogens is 1. The van der Waals surface area contributed by atoms with Gasteiger partial charge in [0.25, 0.3) is 0 Å². The van der Waals surface area contributed by atoms with E-state index in [1.165, 1.54) is 5.69 Å². The van der Waals surface area contributed by atoms with Crippen molar-refractivity contribution in [1.29, 1.82) is 0 Å². The van der Waals surface area contributed by atoms with Gasteiger partial charge in [0.05, 0.1) is 0 Å². The Hall–Kier alpha value is -0.410. The molecular weight excluding hydrogens is 288 g/mol. The highest BCUT2D eigenvalue weighted by Crippen LogP contribution is 2.25. The molecule has 3 heteroatoms. The van der Waals surface area contributed by atoms with E-state index in [2.05, 4.69) is 73.0 Å². The van der Waals surface area contributed by atoms with Crippen molar-refractivity contribution >= 4 is 15.9 Å². The van der Waals surface area contributed by atoms with Crippen LogP contribution in [0, 0.1) is 5.41 Å². The number of hydrogen-bond acceptors (Lipinski definition) is 2. The minimum atomic E-state index is 0.200. The maximum atomic E-state index is 4.45. The van der Waals surface area contributed by atoms with Crippen LogP contribution in [0.25, 0.3) is 0 Å². The summed E-state index contributed by atoms with van der Waals surface area (Å²) >= 11 is 3.42. The highest BCUT2D eigenvalue weighted by Gasteiger charge is 2.20. The topological polar surface area (TPSA) is 24.9 Å². The van der Waals surface area contributed by atoms with Crippen LogP contribution < -0.4 is 5.32 Å². The van der Waals surface area contributed by atoms with Crippen molar-refractivity contribution in [2.75, 3.05) is 6.54 Å². The summed E-state index contributed by atoms with van der Waals surface area (Å²) in [5.41, 5.74) is 1.64. The lowest BCUT2D eigenvalue weighted by molar-refractivity contribution is 0.300. The van der Waals surface area contributed by atoms with Crippen molar-refractivity contribution in [3.63, 3.8) is 0 Å². The lowest BCUT2D eigenvalue weighted by Crippen LogP contribution is -2.38. The Labute approximate surface area is 120 Å². The lowest BCUT2D eigenvalue weighted by atomic mass is 9.84. The van der Waals surface area contributed by atoms with Gasteiger partial charge in [-0.25, -0.2) is 0 Å². The van der Waals surface area contributed by atoms with Gasteiger partial charge in [0.1, 0.15) is 0 Å². The summed E-state index contributed by atoms with van der Waals surface area (Å²) in [7, 11) is 0. The Kier molecular flexibility index (Phi) is 5.35. The maximum Gasteiger partial charge on any atom is 0.0413 e. The summed E-state index contributed by atoms with van der Waals surface area (Å²) in [6.07, 6.45) is 4.05. The fourth-order valence-corrected chi connectivity index (χ4v) is 2.10. The van der Waals surface area contributed by atoms with E-state index in [1.807, 2.05) is 6.20 Å². The van der Waals surface area contributed by atoms with Crippen LogP contribution in [0.3, 0.4) is 0 Å². The smallest absolute Gasteiger partial charge is 0.0413 e. The minimum Gasteiger partial charge on any atom is -0.312 e. The van der Waals surface area contributed by atoms with Crippen molar-refractivity contribution in [3.05, 3.63) is 28.5 Å². The number of nitrogens with zero attached hydrogens (tertiary/aromatic N) is 1. The third-order valence-electron chi connectivity index (χ3n) is 2.91. The van der Waals surface area contributed by atoms with Crippen LogP contribution in [-0.2, 0) is 6.42 Å². The summed E-state index contributed by atoms with van der Waals surface area (Å²) in [5.74, 6) is 0.